The summed E-state index contributed by atoms with van der Waals surface area (Å²) in [4.78, 5) is 84.5. The fourth-order valence-corrected chi connectivity index (χ4v) is 4.74. The largest absolute Gasteiger partial charge is 0.463 e. The molecule has 47 heavy (non-hydrogen) atoms. The standard InChI is InChI=1S/C29H38O18/c1-9-10-37-28-26(43-18(7)35)25(42-17(6)34)23(21(45-28)12-39-14(3)31)47-29-27(44-19(8)36)24(41-16(5)33)22(40-15(4)32)20(46-29)11-38-13(2)30/h1,20-29H,10-12H2,2-8H3/t20-,21-,22+,23-,24+,25-,26+,27-,28-,29+/m1/s1. The maximum atomic E-state index is 12.3. The molecule has 0 saturated carbocycles. The fourth-order valence-electron chi connectivity index (χ4n) is 4.74. The number of carbonyl (C=O) groups is 7. The molecule has 2 aliphatic rings. The molecule has 2 aliphatic heterocycles. The molecule has 10 atom stereocenters. The van der Waals surface area contributed by atoms with Crippen LogP contribution in [0.15, 0.2) is 0 Å². The van der Waals surface area contributed by atoms with E-state index in [4.69, 9.17) is 58.5 Å². The van der Waals surface area contributed by atoms with Crippen LogP contribution in [0, 0.1) is 12.3 Å². The Balaban J connectivity index is 2.72. The SMILES string of the molecule is C#CCO[C@@H]1O[C@H](COC(C)=O)[C@@H](O[C@@H]2O[C@H](COC(C)=O)[C@H](OC(C)=O)[C@H](OC(C)=O)[C@H]2OC(C)=O)[C@@H](OC(C)=O)[C@@H]1OC(C)=O. The quantitative estimate of drug-likeness (QED) is 0.133. The highest BCUT2D eigenvalue weighted by Crippen LogP contribution is 2.35. The smallest absolute Gasteiger partial charge is 0.303 e. The second-order valence-corrected chi connectivity index (χ2v) is 10.2. The minimum absolute atomic E-state index is 0.347. The molecule has 0 spiro atoms. The van der Waals surface area contributed by atoms with Gasteiger partial charge < -0.3 is 52.1 Å². The van der Waals surface area contributed by atoms with E-state index in [1.807, 2.05) is 0 Å². The summed E-state index contributed by atoms with van der Waals surface area (Å²) in [7, 11) is 0. The zero-order chi connectivity index (χ0) is 35.4. The average molecular weight is 675 g/mol. The summed E-state index contributed by atoms with van der Waals surface area (Å²) in [5, 5.41) is 0. The van der Waals surface area contributed by atoms with Crippen LogP contribution < -0.4 is 0 Å². The molecule has 0 unspecified atom stereocenters. The van der Waals surface area contributed by atoms with Crippen molar-refractivity contribution in [1.29, 1.82) is 0 Å². The first-order valence-electron chi connectivity index (χ1n) is 14.2. The van der Waals surface area contributed by atoms with E-state index in [1.165, 1.54) is 0 Å². The Bertz CT molecular complexity index is 1210. The van der Waals surface area contributed by atoms with Crippen molar-refractivity contribution in [2.45, 2.75) is 110 Å². The third kappa shape index (κ3) is 12.1. The van der Waals surface area contributed by atoms with Crippen molar-refractivity contribution in [1.82, 2.24) is 0 Å². The molecular weight excluding hydrogens is 636 g/mol. The summed E-state index contributed by atoms with van der Waals surface area (Å²) in [5.41, 5.74) is 0. The molecule has 0 bridgehead atoms. The lowest BCUT2D eigenvalue weighted by atomic mass is 9.96. The first kappa shape index (κ1) is 38.9. The van der Waals surface area contributed by atoms with Crippen molar-refractivity contribution in [3.63, 3.8) is 0 Å². The van der Waals surface area contributed by atoms with Crippen LogP contribution in [-0.2, 0) is 85.7 Å². The number of hydrogen-bond donors (Lipinski definition) is 0. The molecule has 18 nitrogen and oxygen atoms in total. The number of rotatable bonds is 13. The molecule has 0 aromatic carbocycles. The lowest BCUT2D eigenvalue weighted by Gasteiger charge is -2.48. The van der Waals surface area contributed by atoms with Gasteiger partial charge in [-0.1, -0.05) is 5.92 Å². The molecule has 262 valence electrons. The van der Waals surface area contributed by atoms with Gasteiger partial charge in [-0.15, -0.1) is 6.42 Å². The highest BCUT2D eigenvalue weighted by atomic mass is 16.8. The van der Waals surface area contributed by atoms with Gasteiger partial charge in [-0.05, 0) is 0 Å². The number of ether oxygens (including phenoxy) is 11. The van der Waals surface area contributed by atoms with Crippen molar-refractivity contribution in [3.05, 3.63) is 0 Å². The van der Waals surface area contributed by atoms with E-state index in [1.54, 1.807) is 0 Å². The van der Waals surface area contributed by atoms with Crippen molar-refractivity contribution in [2.24, 2.45) is 0 Å². The van der Waals surface area contributed by atoms with Crippen LogP contribution in [0.25, 0.3) is 0 Å². The van der Waals surface area contributed by atoms with Crippen LogP contribution in [0.1, 0.15) is 48.5 Å². The van der Waals surface area contributed by atoms with E-state index in [2.05, 4.69) is 5.92 Å². The van der Waals surface area contributed by atoms with Crippen LogP contribution in [0.4, 0.5) is 0 Å². The van der Waals surface area contributed by atoms with Crippen molar-refractivity contribution >= 4 is 41.8 Å². The number of hydrogen-bond acceptors (Lipinski definition) is 18. The third-order valence-corrected chi connectivity index (χ3v) is 6.22. The van der Waals surface area contributed by atoms with E-state index in [0.29, 0.717) is 0 Å². The Morgan fingerprint density at radius 3 is 1.30 bits per heavy atom. The van der Waals surface area contributed by atoms with Gasteiger partial charge in [-0.25, -0.2) is 0 Å². The van der Waals surface area contributed by atoms with Gasteiger partial charge in [0.05, 0.1) is 0 Å². The molecule has 0 aromatic heterocycles. The molecule has 0 amide bonds. The predicted octanol–water partition coefficient (Wildman–Crippen LogP) is -0.744. The zero-order valence-electron chi connectivity index (χ0n) is 26.8. The first-order valence-corrected chi connectivity index (χ1v) is 14.2. The van der Waals surface area contributed by atoms with E-state index < -0.39 is 116 Å². The second-order valence-electron chi connectivity index (χ2n) is 10.2. The van der Waals surface area contributed by atoms with Crippen molar-refractivity contribution in [2.75, 3.05) is 19.8 Å². The van der Waals surface area contributed by atoms with Gasteiger partial charge in [0.25, 0.3) is 0 Å². The molecule has 2 fully saturated rings. The zero-order valence-corrected chi connectivity index (χ0v) is 26.8. The molecule has 0 aliphatic carbocycles. The molecule has 0 aromatic rings. The molecule has 18 heteroatoms. The highest BCUT2D eigenvalue weighted by Gasteiger charge is 2.57. The Labute approximate surface area is 269 Å². The van der Waals surface area contributed by atoms with E-state index in [0.717, 1.165) is 48.5 Å². The number of esters is 7. The normalized spacial score (nSPS) is 30.0. The maximum Gasteiger partial charge on any atom is 0.303 e. The summed E-state index contributed by atoms with van der Waals surface area (Å²) in [6.45, 7) is 5.94. The molecule has 0 radical (unpaired) electrons. The van der Waals surface area contributed by atoms with Crippen molar-refractivity contribution in [3.8, 4) is 12.3 Å². The van der Waals surface area contributed by atoms with Crippen LogP contribution in [0.3, 0.4) is 0 Å². The van der Waals surface area contributed by atoms with Gasteiger partial charge in [-0.2, -0.15) is 0 Å². The fraction of sp³-hybridized carbons (Fsp3) is 0.690. The number of terminal acetylenes is 1. The average Bonchev–Trinajstić information content (AvgIpc) is 2.94. The van der Waals surface area contributed by atoms with Gasteiger partial charge in [0.2, 0.25) is 0 Å². The predicted molar refractivity (Wildman–Crippen MR) is 148 cm³/mol. The molecular formula is C29H38O18. The highest BCUT2D eigenvalue weighted by molar-refractivity contribution is 5.69. The number of carbonyl (C=O) groups excluding carboxylic acids is 7. The monoisotopic (exact) mass is 674 g/mol. The van der Waals surface area contributed by atoms with Gasteiger partial charge >= 0.3 is 41.8 Å². The summed E-state index contributed by atoms with van der Waals surface area (Å²) >= 11 is 0. The third-order valence-electron chi connectivity index (χ3n) is 6.22. The van der Waals surface area contributed by atoms with Crippen LogP contribution >= 0.6 is 0 Å². The molecule has 2 rings (SSSR count). The van der Waals surface area contributed by atoms with Gasteiger partial charge in [0.1, 0.15) is 38.1 Å². The second kappa shape index (κ2) is 18.1. The van der Waals surface area contributed by atoms with Gasteiger partial charge in [0.15, 0.2) is 43.1 Å². The minimum atomic E-state index is -1.79. The summed E-state index contributed by atoms with van der Waals surface area (Å²) < 4.78 is 61.0. The lowest BCUT2D eigenvalue weighted by Crippen LogP contribution is -2.67. The Morgan fingerprint density at radius 2 is 0.872 bits per heavy atom. The van der Waals surface area contributed by atoms with Gasteiger partial charge in [-0.3, -0.25) is 33.6 Å². The Morgan fingerprint density at radius 1 is 0.511 bits per heavy atom. The molecule has 2 saturated heterocycles. The van der Waals surface area contributed by atoms with Crippen LogP contribution in [0.5, 0.6) is 0 Å². The Hall–Kier alpha value is -4.31. The minimum Gasteiger partial charge on any atom is -0.463 e. The van der Waals surface area contributed by atoms with Crippen LogP contribution in [0.2, 0.25) is 0 Å². The lowest BCUT2D eigenvalue weighted by molar-refractivity contribution is -0.360. The van der Waals surface area contributed by atoms with E-state index in [-0.39, 0.29) is 6.61 Å². The van der Waals surface area contributed by atoms with Crippen molar-refractivity contribution < 1.29 is 85.7 Å². The van der Waals surface area contributed by atoms with Gasteiger partial charge in [0, 0.05) is 48.5 Å². The topological polar surface area (TPSA) is 221 Å². The van der Waals surface area contributed by atoms with E-state index in [9.17, 15) is 33.6 Å². The first-order chi connectivity index (χ1) is 22.0. The summed E-state index contributed by atoms with van der Waals surface area (Å²) in [5.74, 6) is -3.68. The maximum absolute atomic E-state index is 12.3. The molecule has 2 heterocycles. The summed E-state index contributed by atoms with van der Waals surface area (Å²) in [6, 6.07) is 0. The summed E-state index contributed by atoms with van der Waals surface area (Å²) in [6.07, 6.45) is -10.2. The van der Waals surface area contributed by atoms with Crippen LogP contribution in [-0.4, -0.2) is 123 Å². The van der Waals surface area contributed by atoms with E-state index >= 15 is 0 Å². The molecule has 0 N–H and O–H groups in total. The Kier molecular flexibility index (Phi) is 15.0.